The standard InChI is InChI=1S/C24H20ClF2N5O/c1-14-9-21(32-24(30-14)28-13-29-32)16-3-2-8-31(12-16)23(33)22-19(26)10-17(11-20(22)27)15-4-6-18(25)7-5-15/h4-7,9-11,13,16H,2-3,8,12H2,1H3. The van der Waals surface area contributed by atoms with E-state index in [1.54, 1.807) is 28.8 Å². The molecule has 4 aromatic rings. The van der Waals surface area contributed by atoms with E-state index >= 15 is 0 Å². The molecule has 33 heavy (non-hydrogen) atoms. The van der Waals surface area contributed by atoms with Crippen LogP contribution in [0.1, 0.15) is 40.5 Å². The van der Waals surface area contributed by atoms with E-state index in [0.717, 1.165) is 17.8 Å². The van der Waals surface area contributed by atoms with Crippen molar-refractivity contribution in [3.05, 3.63) is 82.4 Å². The fraction of sp³-hybridized carbons (Fsp3) is 0.250. The Labute approximate surface area is 193 Å². The normalized spacial score (nSPS) is 16.4. The van der Waals surface area contributed by atoms with Gasteiger partial charge in [0.05, 0.1) is 5.69 Å². The first-order valence-electron chi connectivity index (χ1n) is 10.6. The maximum absolute atomic E-state index is 15.0. The maximum Gasteiger partial charge on any atom is 0.259 e. The van der Waals surface area contributed by atoms with E-state index in [2.05, 4.69) is 15.1 Å². The van der Waals surface area contributed by atoms with Crippen LogP contribution in [-0.2, 0) is 0 Å². The van der Waals surface area contributed by atoms with E-state index < -0.39 is 23.1 Å². The summed E-state index contributed by atoms with van der Waals surface area (Å²) in [4.78, 5) is 23.2. The molecule has 168 valence electrons. The lowest BCUT2D eigenvalue weighted by atomic mass is 9.93. The highest BCUT2D eigenvalue weighted by Crippen LogP contribution is 2.30. The Morgan fingerprint density at radius 1 is 1.09 bits per heavy atom. The van der Waals surface area contributed by atoms with Gasteiger partial charge in [0.25, 0.3) is 11.7 Å². The Kier molecular flexibility index (Phi) is 5.54. The number of benzene rings is 2. The van der Waals surface area contributed by atoms with Crippen molar-refractivity contribution in [1.82, 2.24) is 24.5 Å². The van der Waals surface area contributed by atoms with E-state index in [4.69, 9.17) is 11.6 Å². The number of amides is 1. The van der Waals surface area contributed by atoms with Gasteiger partial charge in [-0.15, -0.1) is 0 Å². The van der Waals surface area contributed by atoms with E-state index in [0.29, 0.717) is 41.4 Å². The largest absolute Gasteiger partial charge is 0.338 e. The molecule has 1 amide bonds. The molecule has 0 N–H and O–H groups in total. The van der Waals surface area contributed by atoms with Gasteiger partial charge >= 0.3 is 0 Å². The van der Waals surface area contributed by atoms with Crippen molar-refractivity contribution in [1.29, 1.82) is 0 Å². The number of hydrogen-bond acceptors (Lipinski definition) is 4. The Morgan fingerprint density at radius 2 is 1.82 bits per heavy atom. The molecule has 6 nitrogen and oxygen atoms in total. The molecule has 1 unspecified atom stereocenters. The van der Waals surface area contributed by atoms with Crippen LogP contribution >= 0.6 is 11.6 Å². The molecule has 1 aliphatic rings. The quantitative estimate of drug-likeness (QED) is 0.423. The van der Waals surface area contributed by atoms with Crippen LogP contribution in [0.25, 0.3) is 16.9 Å². The fourth-order valence-corrected chi connectivity index (χ4v) is 4.52. The third-order valence-corrected chi connectivity index (χ3v) is 6.22. The fourth-order valence-electron chi connectivity index (χ4n) is 4.40. The van der Waals surface area contributed by atoms with Crippen LogP contribution in [0, 0.1) is 18.6 Å². The number of fused-ring (bicyclic) bond motifs is 1. The minimum absolute atomic E-state index is 0.0481. The molecular weight excluding hydrogens is 448 g/mol. The molecule has 5 rings (SSSR count). The topological polar surface area (TPSA) is 63.4 Å². The van der Waals surface area contributed by atoms with Gasteiger partial charge in [-0.2, -0.15) is 10.1 Å². The van der Waals surface area contributed by atoms with Crippen LogP contribution in [0.2, 0.25) is 5.02 Å². The zero-order valence-corrected chi connectivity index (χ0v) is 18.6. The van der Waals surface area contributed by atoms with Gasteiger partial charge in [0.1, 0.15) is 23.5 Å². The number of hydrogen-bond donors (Lipinski definition) is 0. The van der Waals surface area contributed by atoms with Crippen molar-refractivity contribution in [3.63, 3.8) is 0 Å². The summed E-state index contributed by atoms with van der Waals surface area (Å²) in [6.45, 7) is 2.63. The molecule has 0 saturated carbocycles. The van der Waals surface area contributed by atoms with Gasteiger partial charge in [-0.25, -0.2) is 18.3 Å². The highest BCUT2D eigenvalue weighted by Gasteiger charge is 2.30. The first-order chi connectivity index (χ1) is 15.9. The van der Waals surface area contributed by atoms with Crippen LogP contribution in [-0.4, -0.2) is 43.5 Å². The summed E-state index contributed by atoms with van der Waals surface area (Å²) in [5, 5.41) is 4.77. The summed E-state index contributed by atoms with van der Waals surface area (Å²) in [7, 11) is 0. The molecule has 1 saturated heterocycles. The number of aromatic nitrogens is 4. The average Bonchev–Trinajstić information content (AvgIpc) is 3.27. The monoisotopic (exact) mass is 467 g/mol. The van der Waals surface area contributed by atoms with Crippen molar-refractivity contribution in [3.8, 4) is 11.1 Å². The van der Waals surface area contributed by atoms with Crippen molar-refractivity contribution in [2.75, 3.05) is 13.1 Å². The minimum Gasteiger partial charge on any atom is -0.338 e. The Balaban J connectivity index is 1.43. The van der Waals surface area contributed by atoms with Gasteiger partial charge in [-0.3, -0.25) is 4.79 Å². The van der Waals surface area contributed by atoms with E-state index in [9.17, 15) is 13.6 Å². The molecule has 0 bridgehead atoms. The number of halogens is 3. The second kappa shape index (κ2) is 8.51. The number of likely N-dealkylation sites (tertiary alicyclic amines) is 1. The molecule has 0 radical (unpaired) electrons. The summed E-state index contributed by atoms with van der Waals surface area (Å²) in [6, 6.07) is 10.9. The smallest absolute Gasteiger partial charge is 0.259 e. The SMILES string of the molecule is Cc1cc(C2CCCN(C(=O)c3c(F)cc(-c4ccc(Cl)cc4)cc3F)C2)n2ncnc2n1. The molecule has 3 heterocycles. The molecule has 0 aliphatic carbocycles. The molecule has 0 spiro atoms. The lowest BCUT2D eigenvalue weighted by molar-refractivity contribution is 0.0695. The summed E-state index contributed by atoms with van der Waals surface area (Å²) in [5.41, 5.74) is 2.09. The summed E-state index contributed by atoms with van der Waals surface area (Å²) < 4.78 is 31.6. The molecule has 2 aromatic carbocycles. The number of rotatable bonds is 3. The molecule has 1 aliphatic heterocycles. The van der Waals surface area contributed by atoms with Crippen molar-refractivity contribution in [2.45, 2.75) is 25.7 Å². The van der Waals surface area contributed by atoms with Crippen molar-refractivity contribution < 1.29 is 13.6 Å². The van der Waals surface area contributed by atoms with Gasteiger partial charge in [0.2, 0.25) is 0 Å². The zero-order chi connectivity index (χ0) is 23.1. The van der Waals surface area contributed by atoms with E-state index in [1.807, 2.05) is 13.0 Å². The van der Waals surface area contributed by atoms with Gasteiger partial charge in [0, 0.05) is 29.7 Å². The van der Waals surface area contributed by atoms with Crippen molar-refractivity contribution in [2.24, 2.45) is 0 Å². The van der Waals surface area contributed by atoms with Gasteiger partial charge in [-0.1, -0.05) is 23.7 Å². The Bertz CT molecular complexity index is 1330. The first kappa shape index (κ1) is 21.5. The summed E-state index contributed by atoms with van der Waals surface area (Å²) >= 11 is 5.89. The van der Waals surface area contributed by atoms with Crippen LogP contribution in [0.3, 0.4) is 0 Å². The highest BCUT2D eigenvalue weighted by atomic mass is 35.5. The van der Waals surface area contributed by atoms with Gasteiger partial charge < -0.3 is 4.90 Å². The number of carbonyl (C=O) groups excluding carboxylic acids is 1. The predicted molar refractivity (Wildman–Crippen MR) is 120 cm³/mol. The number of carbonyl (C=O) groups is 1. The Hall–Kier alpha value is -3.39. The zero-order valence-electron chi connectivity index (χ0n) is 17.8. The van der Waals surface area contributed by atoms with Crippen LogP contribution in [0.4, 0.5) is 8.78 Å². The van der Waals surface area contributed by atoms with E-state index in [-0.39, 0.29) is 5.92 Å². The average molecular weight is 468 g/mol. The van der Waals surface area contributed by atoms with Crippen LogP contribution < -0.4 is 0 Å². The molecule has 9 heteroatoms. The Morgan fingerprint density at radius 3 is 2.55 bits per heavy atom. The van der Waals surface area contributed by atoms with Crippen molar-refractivity contribution >= 4 is 23.3 Å². The molecular formula is C24H20ClF2N5O. The first-order valence-corrected chi connectivity index (χ1v) is 11.0. The summed E-state index contributed by atoms with van der Waals surface area (Å²) in [6.07, 6.45) is 2.97. The molecule has 1 atom stereocenters. The second-order valence-electron chi connectivity index (χ2n) is 8.21. The third kappa shape index (κ3) is 4.06. The number of nitrogens with zero attached hydrogens (tertiary/aromatic N) is 5. The lowest BCUT2D eigenvalue weighted by Crippen LogP contribution is -2.40. The predicted octanol–water partition coefficient (Wildman–Crippen LogP) is 5.05. The van der Waals surface area contributed by atoms with Gasteiger partial charge in [0.15, 0.2) is 0 Å². The maximum atomic E-state index is 15.0. The van der Waals surface area contributed by atoms with E-state index in [1.165, 1.54) is 23.4 Å². The second-order valence-corrected chi connectivity index (χ2v) is 8.64. The summed E-state index contributed by atoms with van der Waals surface area (Å²) in [5.74, 6) is -1.98. The highest BCUT2D eigenvalue weighted by molar-refractivity contribution is 6.30. The third-order valence-electron chi connectivity index (χ3n) is 5.97. The molecule has 2 aromatic heterocycles. The van der Waals surface area contributed by atoms with Crippen LogP contribution in [0.15, 0.2) is 48.8 Å². The minimum atomic E-state index is -0.884. The van der Waals surface area contributed by atoms with Gasteiger partial charge in [-0.05, 0) is 61.2 Å². The lowest BCUT2D eigenvalue weighted by Gasteiger charge is -2.33. The number of aryl methyl sites for hydroxylation is 1. The number of piperidine rings is 1. The molecule has 1 fully saturated rings. The van der Waals surface area contributed by atoms with Crippen LogP contribution in [0.5, 0.6) is 0 Å².